The lowest BCUT2D eigenvalue weighted by Gasteiger charge is -2.06. The van der Waals surface area contributed by atoms with Crippen molar-refractivity contribution in [3.05, 3.63) is 65.2 Å². The Morgan fingerprint density at radius 1 is 0.913 bits per heavy atom. The van der Waals surface area contributed by atoms with Gasteiger partial charge in [0.1, 0.15) is 5.75 Å². The Balaban J connectivity index is 2.03. The molecule has 0 bridgehead atoms. The van der Waals surface area contributed by atoms with E-state index in [1.807, 2.05) is 23.9 Å². The van der Waals surface area contributed by atoms with E-state index < -0.39 is 0 Å². The standard InChI is InChI=1S/C21H22OS/c1-5-16-7-6-14(2)21-19(13-16)15(3)12-20(21)23-18-10-8-17(22-4)9-11-18/h6-13H,5H2,1-4H3. The first-order valence-electron chi connectivity index (χ1n) is 7.97. The highest BCUT2D eigenvalue weighted by atomic mass is 32.2. The molecule has 1 aromatic rings. The molecule has 118 valence electrons. The van der Waals surface area contributed by atoms with Crippen LogP contribution in [0.2, 0.25) is 0 Å². The minimum Gasteiger partial charge on any atom is -0.497 e. The summed E-state index contributed by atoms with van der Waals surface area (Å²) >= 11 is 1.82. The quantitative estimate of drug-likeness (QED) is 0.571. The van der Waals surface area contributed by atoms with Crippen LogP contribution in [-0.2, 0) is 6.42 Å². The third-order valence-electron chi connectivity index (χ3n) is 4.26. The molecule has 2 aliphatic rings. The van der Waals surface area contributed by atoms with Crippen LogP contribution < -0.4 is 4.74 Å². The molecule has 0 fully saturated rings. The predicted molar refractivity (Wildman–Crippen MR) is 99.0 cm³/mol. The van der Waals surface area contributed by atoms with Crippen molar-refractivity contribution >= 4 is 11.8 Å². The SMILES string of the molecule is CCc1ccc(C)c2c(Sc3ccc(OC)cc3)cc(C)c-2c1. The monoisotopic (exact) mass is 322 g/mol. The molecule has 0 heterocycles. The molecule has 0 saturated heterocycles. The maximum atomic E-state index is 5.24. The molecule has 0 N–H and O–H groups in total. The highest BCUT2D eigenvalue weighted by molar-refractivity contribution is 7.99. The minimum atomic E-state index is 0.896. The van der Waals surface area contributed by atoms with Crippen LogP contribution in [0.25, 0.3) is 11.1 Å². The molecule has 0 spiro atoms. The van der Waals surface area contributed by atoms with Crippen molar-refractivity contribution in [2.75, 3.05) is 7.11 Å². The van der Waals surface area contributed by atoms with E-state index in [0.717, 1.165) is 12.2 Å². The van der Waals surface area contributed by atoms with E-state index in [0.29, 0.717) is 0 Å². The van der Waals surface area contributed by atoms with E-state index in [9.17, 15) is 0 Å². The van der Waals surface area contributed by atoms with Gasteiger partial charge in [0.25, 0.3) is 0 Å². The van der Waals surface area contributed by atoms with Crippen molar-refractivity contribution in [2.45, 2.75) is 37.0 Å². The summed E-state index contributed by atoms with van der Waals surface area (Å²) < 4.78 is 5.24. The minimum absolute atomic E-state index is 0.896. The average molecular weight is 322 g/mol. The second-order valence-electron chi connectivity index (χ2n) is 5.85. The smallest absolute Gasteiger partial charge is 0.118 e. The second-order valence-corrected chi connectivity index (χ2v) is 6.96. The van der Waals surface area contributed by atoms with Gasteiger partial charge in [-0.1, -0.05) is 36.9 Å². The van der Waals surface area contributed by atoms with Gasteiger partial charge in [-0.2, -0.15) is 0 Å². The summed E-state index contributed by atoms with van der Waals surface area (Å²) in [4.78, 5) is 2.57. The van der Waals surface area contributed by atoms with Gasteiger partial charge in [0.2, 0.25) is 0 Å². The maximum Gasteiger partial charge on any atom is 0.118 e. The Labute approximate surface area is 143 Å². The van der Waals surface area contributed by atoms with Crippen molar-refractivity contribution in [3.63, 3.8) is 0 Å². The zero-order valence-electron chi connectivity index (χ0n) is 14.1. The molecule has 0 aromatic heterocycles. The number of benzene rings is 1. The van der Waals surface area contributed by atoms with Crippen LogP contribution >= 0.6 is 11.8 Å². The fourth-order valence-corrected chi connectivity index (χ4v) is 4.02. The molecule has 2 heteroatoms. The Morgan fingerprint density at radius 2 is 1.65 bits per heavy atom. The van der Waals surface area contributed by atoms with Gasteiger partial charge in [-0.15, -0.1) is 0 Å². The van der Waals surface area contributed by atoms with Gasteiger partial charge in [0, 0.05) is 9.79 Å². The van der Waals surface area contributed by atoms with E-state index in [1.165, 1.54) is 37.6 Å². The maximum absolute atomic E-state index is 5.24. The van der Waals surface area contributed by atoms with Crippen LogP contribution in [0.15, 0.2) is 58.3 Å². The van der Waals surface area contributed by atoms with E-state index in [2.05, 4.69) is 57.2 Å². The first-order chi connectivity index (χ1) is 11.1. The highest BCUT2D eigenvalue weighted by Crippen LogP contribution is 2.43. The molecule has 0 unspecified atom stereocenters. The summed E-state index contributed by atoms with van der Waals surface area (Å²) in [6.07, 6.45) is 1.06. The van der Waals surface area contributed by atoms with Crippen molar-refractivity contribution in [1.29, 1.82) is 0 Å². The van der Waals surface area contributed by atoms with Crippen molar-refractivity contribution in [1.82, 2.24) is 0 Å². The molecule has 1 nitrogen and oxygen atoms in total. The lowest BCUT2D eigenvalue weighted by molar-refractivity contribution is 0.414. The van der Waals surface area contributed by atoms with E-state index in [-0.39, 0.29) is 0 Å². The summed E-state index contributed by atoms with van der Waals surface area (Å²) in [5.74, 6) is 0.896. The Hall–Kier alpha value is -1.93. The number of rotatable bonds is 4. The molecule has 0 atom stereocenters. The summed E-state index contributed by atoms with van der Waals surface area (Å²) in [6.45, 7) is 6.63. The number of methoxy groups -OCH3 is 1. The molecule has 2 aliphatic carbocycles. The first-order valence-corrected chi connectivity index (χ1v) is 8.78. The second kappa shape index (κ2) is 6.67. The van der Waals surface area contributed by atoms with Crippen LogP contribution in [-0.4, -0.2) is 7.11 Å². The lowest BCUT2D eigenvalue weighted by atomic mass is 10.1. The van der Waals surface area contributed by atoms with Gasteiger partial charge >= 0.3 is 0 Å². The lowest BCUT2D eigenvalue weighted by Crippen LogP contribution is -1.82. The summed E-state index contributed by atoms with van der Waals surface area (Å²) in [5.41, 5.74) is 6.83. The van der Waals surface area contributed by atoms with Crippen LogP contribution in [0.3, 0.4) is 0 Å². The largest absolute Gasteiger partial charge is 0.497 e. The van der Waals surface area contributed by atoms with Crippen LogP contribution in [0.4, 0.5) is 0 Å². The van der Waals surface area contributed by atoms with E-state index in [4.69, 9.17) is 4.74 Å². The zero-order valence-corrected chi connectivity index (χ0v) is 15.0. The van der Waals surface area contributed by atoms with Gasteiger partial charge in [0.05, 0.1) is 7.11 Å². The molecule has 23 heavy (non-hydrogen) atoms. The van der Waals surface area contributed by atoms with Crippen molar-refractivity contribution < 1.29 is 4.74 Å². The number of fused-ring (bicyclic) bond motifs is 1. The van der Waals surface area contributed by atoms with Crippen molar-refractivity contribution in [2.24, 2.45) is 0 Å². The third-order valence-corrected chi connectivity index (χ3v) is 5.30. The van der Waals surface area contributed by atoms with E-state index >= 15 is 0 Å². The van der Waals surface area contributed by atoms with Crippen LogP contribution in [0, 0.1) is 13.8 Å². The summed E-state index contributed by atoms with van der Waals surface area (Å²) in [7, 11) is 1.70. The molecule has 0 amide bonds. The zero-order chi connectivity index (χ0) is 16.4. The van der Waals surface area contributed by atoms with Crippen LogP contribution in [0.5, 0.6) is 5.75 Å². The molecular weight excluding hydrogens is 300 g/mol. The van der Waals surface area contributed by atoms with Crippen LogP contribution in [0.1, 0.15) is 23.6 Å². The molecule has 0 radical (unpaired) electrons. The predicted octanol–water partition coefficient (Wildman–Crippen LogP) is 6.13. The van der Waals surface area contributed by atoms with Crippen molar-refractivity contribution in [3.8, 4) is 16.9 Å². The summed E-state index contributed by atoms with van der Waals surface area (Å²) in [6, 6.07) is 17.4. The molecule has 3 rings (SSSR count). The topological polar surface area (TPSA) is 9.23 Å². The number of hydrogen-bond acceptors (Lipinski definition) is 2. The first kappa shape index (κ1) is 15.9. The molecular formula is C21H22OS. The fourth-order valence-electron chi connectivity index (χ4n) is 2.89. The Kier molecular flexibility index (Phi) is 4.63. The Morgan fingerprint density at radius 3 is 2.30 bits per heavy atom. The van der Waals surface area contributed by atoms with Gasteiger partial charge in [0.15, 0.2) is 0 Å². The van der Waals surface area contributed by atoms with E-state index in [1.54, 1.807) is 7.11 Å². The molecule has 0 aliphatic heterocycles. The van der Waals surface area contributed by atoms with Gasteiger partial charge in [-0.05, 0) is 78.4 Å². The number of aryl methyl sites for hydroxylation is 3. The van der Waals surface area contributed by atoms with Gasteiger partial charge < -0.3 is 4.74 Å². The Bertz CT molecular complexity index is 790. The molecule has 0 saturated carbocycles. The normalized spacial score (nSPS) is 11.0. The molecule has 1 aromatic carbocycles. The third kappa shape index (κ3) is 3.23. The average Bonchev–Trinajstić information content (AvgIpc) is 2.76. The van der Waals surface area contributed by atoms with Gasteiger partial charge in [-0.3, -0.25) is 0 Å². The summed E-state index contributed by atoms with van der Waals surface area (Å²) in [5, 5.41) is 0. The van der Waals surface area contributed by atoms with Gasteiger partial charge in [-0.25, -0.2) is 0 Å². The number of hydrogen-bond donors (Lipinski definition) is 0. The highest BCUT2D eigenvalue weighted by Gasteiger charge is 2.16. The number of ether oxygens (including phenoxy) is 1. The fraction of sp³-hybridized carbons (Fsp3) is 0.238.